The minimum absolute atomic E-state index is 0.0958. The number of aliphatic hydroxyl groups is 1. The molecule has 0 atom stereocenters. The Balaban J connectivity index is 1.61. The molecular formula is C19H23N3O3. The summed E-state index contributed by atoms with van der Waals surface area (Å²) in [6.07, 6.45) is 7.03. The Hall–Kier alpha value is -2.44. The summed E-state index contributed by atoms with van der Waals surface area (Å²) in [5.41, 5.74) is 4.12. The molecule has 1 aromatic heterocycles. The number of carbonyl (C=O) groups excluding carboxylic acids is 1. The molecule has 1 aromatic carbocycles. The fraction of sp³-hybridized carbons (Fsp3) is 0.368. The normalized spacial score (nSPS) is 15.0. The number of methoxy groups -OCH3 is 1. The van der Waals surface area contributed by atoms with Crippen molar-refractivity contribution in [3.63, 3.8) is 0 Å². The van der Waals surface area contributed by atoms with E-state index in [9.17, 15) is 4.79 Å². The van der Waals surface area contributed by atoms with Crippen LogP contribution in [0.1, 0.15) is 27.9 Å². The summed E-state index contributed by atoms with van der Waals surface area (Å²) in [4.78, 5) is 14.0. The lowest BCUT2D eigenvalue weighted by atomic mass is 10.0. The van der Waals surface area contributed by atoms with Gasteiger partial charge in [-0.3, -0.25) is 9.58 Å². The number of benzene rings is 1. The highest BCUT2D eigenvalue weighted by atomic mass is 16.5. The van der Waals surface area contributed by atoms with E-state index in [-0.39, 0.29) is 12.6 Å². The fourth-order valence-electron chi connectivity index (χ4n) is 3.04. The second kappa shape index (κ2) is 8.09. The number of aromatic nitrogens is 2. The molecule has 0 bridgehead atoms. The molecular weight excluding hydrogens is 318 g/mol. The van der Waals surface area contributed by atoms with E-state index in [4.69, 9.17) is 9.84 Å². The van der Waals surface area contributed by atoms with Gasteiger partial charge in [-0.2, -0.15) is 5.10 Å². The van der Waals surface area contributed by atoms with E-state index in [1.807, 2.05) is 30.6 Å². The summed E-state index contributed by atoms with van der Waals surface area (Å²) in [6, 6.07) is 7.59. The molecule has 2 heterocycles. The Morgan fingerprint density at radius 3 is 3.00 bits per heavy atom. The van der Waals surface area contributed by atoms with Crippen molar-refractivity contribution in [2.45, 2.75) is 19.5 Å². The molecule has 0 amide bonds. The van der Waals surface area contributed by atoms with E-state index in [1.54, 1.807) is 10.7 Å². The maximum absolute atomic E-state index is 11.6. The first-order chi connectivity index (χ1) is 12.2. The zero-order valence-corrected chi connectivity index (χ0v) is 14.4. The van der Waals surface area contributed by atoms with Gasteiger partial charge >= 0.3 is 5.97 Å². The van der Waals surface area contributed by atoms with Gasteiger partial charge in [-0.25, -0.2) is 4.79 Å². The smallest absolute Gasteiger partial charge is 0.337 e. The van der Waals surface area contributed by atoms with Crippen molar-refractivity contribution in [2.24, 2.45) is 0 Å². The Kier molecular flexibility index (Phi) is 5.63. The molecule has 2 aromatic rings. The van der Waals surface area contributed by atoms with E-state index >= 15 is 0 Å². The highest BCUT2D eigenvalue weighted by molar-refractivity contribution is 5.89. The predicted octanol–water partition coefficient (Wildman–Crippen LogP) is 1.95. The number of ether oxygens (including phenoxy) is 1. The molecule has 132 valence electrons. The summed E-state index contributed by atoms with van der Waals surface area (Å²) in [5.74, 6) is -0.303. The Morgan fingerprint density at radius 2 is 2.28 bits per heavy atom. The van der Waals surface area contributed by atoms with Crippen LogP contribution in [0.15, 0.2) is 42.7 Å². The maximum atomic E-state index is 11.6. The van der Waals surface area contributed by atoms with E-state index in [2.05, 4.69) is 16.1 Å². The third-order valence-electron chi connectivity index (χ3n) is 4.38. The number of aliphatic hydroxyl groups excluding tert-OH is 1. The topological polar surface area (TPSA) is 67.6 Å². The monoisotopic (exact) mass is 341 g/mol. The number of esters is 1. The lowest BCUT2D eigenvalue weighted by Gasteiger charge is -2.26. The molecule has 0 aliphatic carbocycles. The first kappa shape index (κ1) is 17.4. The van der Waals surface area contributed by atoms with Crippen LogP contribution in [0.3, 0.4) is 0 Å². The molecule has 0 saturated heterocycles. The zero-order chi connectivity index (χ0) is 17.6. The van der Waals surface area contributed by atoms with Gasteiger partial charge in [0.15, 0.2) is 0 Å². The second-order valence-electron chi connectivity index (χ2n) is 6.12. The molecule has 0 unspecified atom stereocenters. The second-order valence-corrected chi connectivity index (χ2v) is 6.12. The third-order valence-corrected chi connectivity index (χ3v) is 4.38. The molecule has 1 N–H and O–H groups in total. The number of hydrogen-bond acceptors (Lipinski definition) is 5. The lowest BCUT2D eigenvalue weighted by molar-refractivity contribution is 0.0600. The quantitative estimate of drug-likeness (QED) is 0.814. The number of rotatable bonds is 6. The molecule has 6 nitrogen and oxygen atoms in total. The van der Waals surface area contributed by atoms with Crippen molar-refractivity contribution >= 4 is 11.5 Å². The fourth-order valence-corrected chi connectivity index (χ4v) is 3.04. The number of carbonyl (C=O) groups is 1. The van der Waals surface area contributed by atoms with Crippen molar-refractivity contribution in [2.75, 3.05) is 26.8 Å². The standard InChI is InChI=1S/C19H23N3O3/c1-25-19(24)17-4-2-3-15(11-17)13-21-7-5-16(6-8-21)18-12-20-22(14-18)9-10-23/h2-5,11-12,14,23H,6-10,13H2,1H3. The predicted molar refractivity (Wildman–Crippen MR) is 95.0 cm³/mol. The SMILES string of the molecule is COC(=O)c1cccc(CN2CC=C(c3cnn(CCO)c3)CC2)c1. The summed E-state index contributed by atoms with van der Waals surface area (Å²) in [5, 5.41) is 13.2. The Bertz CT molecular complexity index is 767. The van der Waals surface area contributed by atoms with Gasteiger partial charge in [-0.1, -0.05) is 18.2 Å². The minimum Gasteiger partial charge on any atom is -0.465 e. The zero-order valence-electron chi connectivity index (χ0n) is 14.4. The van der Waals surface area contributed by atoms with Gasteiger partial charge in [-0.15, -0.1) is 0 Å². The maximum Gasteiger partial charge on any atom is 0.337 e. The molecule has 0 radical (unpaired) electrons. The minimum atomic E-state index is -0.303. The molecule has 3 rings (SSSR count). The van der Waals surface area contributed by atoms with Crippen molar-refractivity contribution < 1.29 is 14.6 Å². The van der Waals surface area contributed by atoms with E-state index in [1.165, 1.54) is 12.7 Å². The molecule has 6 heteroatoms. The summed E-state index contributed by atoms with van der Waals surface area (Å²) in [7, 11) is 1.40. The van der Waals surface area contributed by atoms with Gasteiger partial charge < -0.3 is 9.84 Å². The van der Waals surface area contributed by atoms with Crippen molar-refractivity contribution in [1.29, 1.82) is 0 Å². The average molecular weight is 341 g/mol. The third kappa shape index (κ3) is 4.35. The van der Waals surface area contributed by atoms with Gasteiger partial charge in [0.05, 0.1) is 32.0 Å². The summed E-state index contributed by atoms with van der Waals surface area (Å²) >= 11 is 0. The largest absolute Gasteiger partial charge is 0.465 e. The van der Waals surface area contributed by atoms with Crippen LogP contribution < -0.4 is 0 Å². The molecule has 1 aliphatic rings. The van der Waals surface area contributed by atoms with Crippen molar-refractivity contribution in [3.05, 3.63) is 59.4 Å². The van der Waals surface area contributed by atoms with E-state index < -0.39 is 0 Å². The Morgan fingerprint density at radius 1 is 1.40 bits per heavy atom. The molecule has 0 fully saturated rings. The molecule has 1 aliphatic heterocycles. The van der Waals surface area contributed by atoms with Gasteiger partial charge in [0, 0.05) is 31.4 Å². The summed E-state index contributed by atoms with van der Waals surface area (Å²) < 4.78 is 6.54. The van der Waals surface area contributed by atoms with Crippen molar-refractivity contribution in [3.8, 4) is 0 Å². The summed E-state index contributed by atoms with van der Waals surface area (Å²) in [6.45, 7) is 3.25. The van der Waals surface area contributed by atoms with Crippen LogP contribution in [0.2, 0.25) is 0 Å². The lowest BCUT2D eigenvalue weighted by Crippen LogP contribution is -2.28. The van der Waals surface area contributed by atoms with Crippen LogP contribution in [-0.4, -0.2) is 52.6 Å². The first-order valence-corrected chi connectivity index (χ1v) is 8.42. The first-order valence-electron chi connectivity index (χ1n) is 8.42. The van der Waals surface area contributed by atoms with Crippen LogP contribution in [0, 0.1) is 0 Å². The van der Waals surface area contributed by atoms with Crippen molar-refractivity contribution in [1.82, 2.24) is 14.7 Å². The molecule has 25 heavy (non-hydrogen) atoms. The van der Waals surface area contributed by atoms with Crippen LogP contribution in [0.25, 0.3) is 5.57 Å². The van der Waals surface area contributed by atoms with Crippen LogP contribution >= 0.6 is 0 Å². The highest BCUT2D eigenvalue weighted by Gasteiger charge is 2.15. The van der Waals surface area contributed by atoms with Gasteiger partial charge in [0.2, 0.25) is 0 Å². The van der Waals surface area contributed by atoms with Crippen LogP contribution in [-0.2, 0) is 17.8 Å². The van der Waals surface area contributed by atoms with E-state index in [0.717, 1.165) is 37.2 Å². The number of nitrogens with zero attached hydrogens (tertiary/aromatic N) is 3. The van der Waals surface area contributed by atoms with Gasteiger partial charge in [0.25, 0.3) is 0 Å². The van der Waals surface area contributed by atoms with Crippen LogP contribution in [0.5, 0.6) is 0 Å². The highest BCUT2D eigenvalue weighted by Crippen LogP contribution is 2.23. The van der Waals surface area contributed by atoms with Gasteiger partial charge in [-0.05, 0) is 29.7 Å². The van der Waals surface area contributed by atoms with Gasteiger partial charge in [0.1, 0.15) is 0 Å². The van der Waals surface area contributed by atoms with Crippen LogP contribution in [0.4, 0.5) is 0 Å². The van der Waals surface area contributed by atoms with E-state index in [0.29, 0.717) is 12.1 Å². The molecule has 0 saturated carbocycles. The number of hydrogen-bond donors (Lipinski definition) is 1. The molecule has 0 spiro atoms. The Labute approximate surface area is 147 Å². The average Bonchev–Trinajstić information content (AvgIpc) is 3.11.